The van der Waals surface area contributed by atoms with E-state index in [0.29, 0.717) is 12.8 Å². The van der Waals surface area contributed by atoms with Crippen molar-refractivity contribution < 1.29 is 4.79 Å². The highest BCUT2D eigenvalue weighted by Crippen LogP contribution is 2.40. The van der Waals surface area contributed by atoms with E-state index >= 15 is 0 Å². The summed E-state index contributed by atoms with van der Waals surface area (Å²) in [4.78, 5) is 15.3. The topological polar surface area (TPSA) is 72.3 Å². The highest BCUT2D eigenvalue weighted by atomic mass is 16.2. The molecule has 0 fully saturated rings. The van der Waals surface area contributed by atoms with Gasteiger partial charge >= 0.3 is 0 Å². The van der Waals surface area contributed by atoms with Crippen LogP contribution in [0.1, 0.15) is 50.7 Å². The van der Waals surface area contributed by atoms with E-state index in [-0.39, 0.29) is 5.91 Å². The lowest BCUT2D eigenvalue weighted by atomic mass is 9.85. The highest BCUT2D eigenvalue weighted by molar-refractivity contribution is 5.95. The highest BCUT2D eigenvalue weighted by Gasteiger charge is 2.48. The zero-order valence-corrected chi connectivity index (χ0v) is 16.2. The Hall–Kier alpha value is -2.43. The van der Waals surface area contributed by atoms with Gasteiger partial charge in [-0.15, -0.1) is 0 Å². The molecule has 1 aliphatic carbocycles. The lowest BCUT2D eigenvalue weighted by molar-refractivity contribution is -0.146. The van der Waals surface area contributed by atoms with Crippen molar-refractivity contribution in [2.45, 2.75) is 50.9 Å². The van der Waals surface area contributed by atoms with Crippen molar-refractivity contribution >= 4 is 5.91 Å². The number of carbonyl (C=O) groups is 1. The van der Waals surface area contributed by atoms with Crippen molar-refractivity contribution in [3.05, 3.63) is 83.4 Å². The van der Waals surface area contributed by atoms with Crippen molar-refractivity contribution in [2.24, 2.45) is 11.5 Å². The van der Waals surface area contributed by atoms with Crippen LogP contribution in [0.25, 0.3) is 0 Å². The van der Waals surface area contributed by atoms with E-state index in [4.69, 9.17) is 11.5 Å². The van der Waals surface area contributed by atoms with Crippen molar-refractivity contribution in [1.29, 1.82) is 0 Å². The van der Waals surface area contributed by atoms with Gasteiger partial charge < -0.3 is 11.5 Å². The molecule has 2 unspecified atom stereocenters. The zero-order chi connectivity index (χ0) is 19.5. The molecule has 4 nitrogen and oxygen atoms in total. The summed E-state index contributed by atoms with van der Waals surface area (Å²) in [6.45, 7) is 4.01. The third kappa shape index (κ3) is 3.31. The van der Waals surface area contributed by atoms with E-state index in [9.17, 15) is 4.79 Å². The summed E-state index contributed by atoms with van der Waals surface area (Å²) >= 11 is 0. The molecule has 0 aromatic heterocycles. The molecular weight excluding hydrogens is 334 g/mol. The minimum atomic E-state index is -1.00. The van der Waals surface area contributed by atoms with Gasteiger partial charge in [-0.25, -0.2) is 0 Å². The summed E-state index contributed by atoms with van der Waals surface area (Å²) in [6.07, 6.45) is 4.80. The number of nitrogens with zero attached hydrogens (tertiary/aromatic N) is 1. The van der Waals surface area contributed by atoms with Crippen LogP contribution >= 0.6 is 0 Å². The van der Waals surface area contributed by atoms with Gasteiger partial charge in [0.25, 0.3) is 5.91 Å². The molecule has 2 aromatic carbocycles. The van der Waals surface area contributed by atoms with Crippen molar-refractivity contribution in [1.82, 2.24) is 4.90 Å². The second-order valence-corrected chi connectivity index (χ2v) is 7.20. The van der Waals surface area contributed by atoms with Gasteiger partial charge in [0.1, 0.15) is 11.3 Å². The van der Waals surface area contributed by atoms with Crippen molar-refractivity contribution in [2.75, 3.05) is 0 Å². The second kappa shape index (κ2) is 7.67. The monoisotopic (exact) mass is 363 g/mol. The van der Waals surface area contributed by atoms with E-state index in [2.05, 4.69) is 0 Å². The summed E-state index contributed by atoms with van der Waals surface area (Å²) in [6, 6.07) is 19.6. The summed E-state index contributed by atoms with van der Waals surface area (Å²) in [5.74, 6) is -0.0670. The minimum absolute atomic E-state index is 0.0670. The Bertz CT molecular complexity index is 765. The summed E-state index contributed by atoms with van der Waals surface area (Å²) in [7, 11) is 0. The molecule has 1 amide bonds. The Morgan fingerprint density at radius 1 is 0.889 bits per heavy atom. The van der Waals surface area contributed by atoms with Gasteiger partial charge in [0.05, 0.1) is 0 Å². The molecule has 0 saturated carbocycles. The predicted molar refractivity (Wildman–Crippen MR) is 109 cm³/mol. The number of hydrogen-bond acceptors (Lipinski definition) is 3. The molecule has 2 aromatic rings. The first-order chi connectivity index (χ1) is 13.0. The maximum Gasteiger partial charge on any atom is 0.252 e. The minimum Gasteiger partial charge on any atom is -0.305 e. The SMILES string of the molecule is CCC(N)(c1ccccc1)N(C(=O)C1=CCC1)C(N)(CC)c1ccccc1. The first-order valence-electron chi connectivity index (χ1n) is 9.70. The van der Waals surface area contributed by atoms with Gasteiger partial charge in [-0.3, -0.25) is 9.69 Å². The van der Waals surface area contributed by atoms with Crippen molar-refractivity contribution in [3.63, 3.8) is 0 Å². The predicted octanol–water partition coefficient (Wildman–Crippen LogP) is 3.98. The molecule has 0 saturated heterocycles. The molecule has 27 heavy (non-hydrogen) atoms. The molecule has 3 rings (SSSR count). The first-order valence-corrected chi connectivity index (χ1v) is 9.70. The van der Waals surface area contributed by atoms with E-state index in [1.165, 1.54) is 0 Å². The molecule has 0 heterocycles. The molecule has 0 aliphatic heterocycles. The van der Waals surface area contributed by atoms with E-state index in [1.54, 1.807) is 4.90 Å². The number of benzene rings is 2. The lowest BCUT2D eigenvalue weighted by Gasteiger charge is -2.51. The smallest absolute Gasteiger partial charge is 0.252 e. The van der Waals surface area contributed by atoms with Crippen LogP contribution in [0.3, 0.4) is 0 Å². The Kier molecular flexibility index (Phi) is 5.49. The molecule has 4 N–H and O–H groups in total. The molecule has 142 valence electrons. The van der Waals surface area contributed by atoms with E-state index in [1.807, 2.05) is 80.6 Å². The van der Waals surface area contributed by atoms with Crippen LogP contribution < -0.4 is 11.5 Å². The number of nitrogens with two attached hydrogens (primary N) is 2. The molecule has 0 radical (unpaired) electrons. The fourth-order valence-corrected chi connectivity index (χ4v) is 3.78. The largest absolute Gasteiger partial charge is 0.305 e. The van der Waals surface area contributed by atoms with Gasteiger partial charge in [0.2, 0.25) is 0 Å². The van der Waals surface area contributed by atoms with Crippen LogP contribution in [0, 0.1) is 0 Å². The maximum absolute atomic E-state index is 13.6. The average Bonchev–Trinajstić information content (AvgIpc) is 2.67. The van der Waals surface area contributed by atoms with Gasteiger partial charge in [0, 0.05) is 5.57 Å². The Morgan fingerprint density at radius 2 is 1.30 bits per heavy atom. The molecule has 0 bridgehead atoms. The molecule has 0 spiro atoms. The fourth-order valence-electron chi connectivity index (χ4n) is 3.78. The number of amides is 1. The summed E-state index contributed by atoms with van der Waals surface area (Å²) in [5, 5.41) is 0. The Labute approximate surface area is 161 Å². The normalized spacial score (nSPS) is 17.9. The molecule has 2 atom stereocenters. The van der Waals surface area contributed by atoms with Gasteiger partial charge in [-0.2, -0.15) is 0 Å². The van der Waals surface area contributed by atoms with Crippen LogP contribution in [0.5, 0.6) is 0 Å². The third-order valence-corrected chi connectivity index (χ3v) is 5.71. The van der Waals surface area contributed by atoms with Crippen molar-refractivity contribution in [3.8, 4) is 0 Å². The number of hydrogen-bond donors (Lipinski definition) is 2. The van der Waals surface area contributed by atoms with Gasteiger partial charge in [-0.05, 0) is 36.8 Å². The summed E-state index contributed by atoms with van der Waals surface area (Å²) < 4.78 is 0. The quantitative estimate of drug-likeness (QED) is 0.731. The maximum atomic E-state index is 13.6. The van der Waals surface area contributed by atoms with Crippen LogP contribution in [-0.4, -0.2) is 10.8 Å². The molecule has 4 heteroatoms. The molecule has 1 aliphatic rings. The van der Waals surface area contributed by atoms with Gasteiger partial charge in [-0.1, -0.05) is 80.6 Å². The average molecular weight is 364 g/mol. The standard InChI is InChI=1S/C23H29N3O/c1-3-22(24,19-14-7-5-8-15-19)26(21(27)18-12-11-13-18)23(25,4-2)20-16-9-6-10-17-20/h5-10,12,14-17H,3-4,11,13,24-25H2,1-2H3. The number of allylic oxidation sites excluding steroid dienone is 1. The van der Waals surface area contributed by atoms with Crippen LogP contribution in [-0.2, 0) is 16.1 Å². The number of rotatable bonds is 7. The van der Waals surface area contributed by atoms with Crippen LogP contribution in [0.15, 0.2) is 72.3 Å². The fraction of sp³-hybridized carbons (Fsp3) is 0.348. The second-order valence-electron chi connectivity index (χ2n) is 7.20. The first kappa shape index (κ1) is 19.3. The van der Waals surface area contributed by atoms with E-state index < -0.39 is 11.3 Å². The van der Waals surface area contributed by atoms with Crippen LogP contribution in [0.2, 0.25) is 0 Å². The van der Waals surface area contributed by atoms with Gasteiger partial charge in [0.15, 0.2) is 0 Å². The van der Waals surface area contributed by atoms with E-state index in [0.717, 1.165) is 29.5 Å². The van der Waals surface area contributed by atoms with Crippen LogP contribution in [0.4, 0.5) is 0 Å². The third-order valence-electron chi connectivity index (χ3n) is 5.71. The molecular formula is C23H29N3O. The summed E-state index contributed by atoms with van der Waals surface area (Å²) in [5.41, 5.74) is 14.5. The lowest BCUT2D eigenvalue weighted by Crippen LogP contribution is -2.67. The number of carbonyl (C=O) groups excluding carboxylic acids is 1. The Balaban J connectivity index is 2.20. The Morgan fingerprint density at radius 3 is 1.59 bits per heavy atom. The zero-order valence-electron chi connectivity index (χ0n) is 16.2.